The average Bonchev–Trinajstić information content (AvgIpc) is 2.46. The fourth-order valence-electron chi connectivity index (χ4n) is 1.66. The first-order valence-corrected chi connectivity index (χ1v) is 7.19. The van der Waals surface area contributed by atoms with Gasteiger partial charge in [-0.15, -0.1) is 0 Å². The van der Waals surface area contributed by atoms with Crippen LogP contribution < -0.4 is 9.47 Å². The van der Waals surface area contributed by atoms with Crippen molar-refractivity contribution in [3.8, 4) is 11.5 Å². The molecule has 0 atom stereocenters. The molecule has 5 heteroatoms. The molecule has 0 N–H and O–H groups in total. The molecule has 0 aliphatic heterocycles. The smallest absolute Gasteiger partial charge is 0.165 e. The maximum Gasteiger partial charge on any atom is 0.165 e. The average molecular weight is 343 g/mol. The van der Waals surface area contributed by atoms with Crippen LogP contribution in [0.25, 0.3) is 0 Å². The summed E-state index contributed by atoms with van der Waals surface area (Å²) in [7, 11) is 1.62. The van der Waals surface area contributed by atoms with Crippen LogP contribution in [0.15, 0.2) is 36.7 Å². The minimum atomic E-state index is 0.377. The Labute approximate surface area is 125 Å². The lowest BCUT2D eigenvalue weighted by atomic mass is 10.2. The molecule has 1 aromatic carbocycles. The predicted octanol–water partition coefficient (Wildman–Crippen LogP) is 4.22. The van der Waals surface area contributed by atoms with Crippen molar-refractivity contribution in [2.45, 2.75) is 11.9 Å². The number of hydrogen-bond acceptors (Lipinski definition) is 3. The zero-order valence-electron chi connectivity index (χ0n) is 10.4. The molecule has 0 saturated heterocycles. The van der Waals surface area contributed by atoms with Gasteiger partial charge in [0.05, 0.1) is 12.1 Å². The van der Waals surface area contributed by atoms with Crippen LogP contribution in [0, 0.1) is 0 Å². The van der Waals surface area contributed by atoms with E-state index in [1.54, 1.807) is 19.5 Å². The second kappa shape index (κ2) is 6.78. The van der Waals surface area contributed by atoms with Gasteiger partial charge < -0.3 is 9.47 Å². The predicted molar refractivity (Wildman–Crippen MR) is 79.2 cm³/mol. The monoisotopic (exact) mass is 341 g/mol. The van der Waals surface area contributed by atoms with Crippen LogP contribution in [0.2, 0.25) is 5.02 Å². The minimum absolute atomic E-state index is 0.377. The summed E-state index contributed by atoms with van der Waals surface area (Å²) in [6.45, 7) is 0.377. The van der Waals surface area contributed by atoms with Crippen molar-refractivity contribution >= 4 is 27.5 Å². The van der Waals surface area contributed by atoms with Gasteiger partial charge in [0.2, 0.25) is 0 Å². The highest BCUT2D eigenvalue weighted by molar-refractivity contribution is 9.08. The SMILES string of the molecule is COc1cccc(CBr)c1OCc1ccncc1Cl. The van der Waals surface area contributed by atoms with E-state index in [0.29, 0.717) is 22.7 Å². The molecule has 2 rings (SSSR count). The van der Waals surface area contributed by atoms with Crippen molar-refractivity contribution in [1.29, 1.82) is 0 Å². The molecule has 2 aromatic rings. The first kappa shape index (κ1) is 14.2. The summed E-state index contributed by atoms with van der Waals surface area (Å²) in [5, 5.41) is 1.29. The van der Waals surface area contributed by atoms with Crippen LogP contribution in [0.5, 0.6) is 11.5 Å². The molecule has 0 radical (unpaired) electrons. The van der Waals surface area contributed by atoms with Gasteiger partial charge in [-0.1, -0.05) is 39.7 Å². The second-order valence-electron chi connectivity index (χ2n) is 3.84. The molecular weight excluding hydrogens is 330 g/mol. The van der Waals surface area contributed by atoms with Crippen LogP contribution in [0.4, 0.5) is 0 Å². The topological polar surface area (TPSA) is 31.4 Å². The van der Waals surface area contributed by atoms with Crippen LogP contribution in [-0.2, 0) is 11.9 Å². The van der Waals surface area contributed by atoms with E-state index in [9.17, 15) is 0 Å². The number of pyridine rings is 1. The Morgan fingerprint density at radius 3 is 2.79 bits per heavy atom. The number of rotatable bonds is 5. The Balaban J connectivity index is 2.21. The quantitative estimate of drug-likeness (QED) is 0.763. The van der Waals surface area contributed by atoms with Crippen molar-refractivity contribution in [3.05, 3.63) is 52.8 Å². The Kier molecular flexibility index (Phi) is 5.05. The molecule has 0 amide bonds. The molecule has 0 saturated carbocycles. The lowest BCUT2D eigenvalue weighted by molar-refractivity contribution is 0.282. The molecule has 0 aliphatic rings. The normalized spacial score (nSPS) is 10.3. The fourth-order valence-corrected chi connectivity index (χ4v) is 2.28. The van der Waals surface area contributed by atoms with E-state index in [0.717, 1.165) is 16.9 Å². The summed E-state index contributed by atoms with van der Waals surface area (Å²) in [6.07, 6.45) is 3.30. The van der Waals surface area contributed by atoms with Crippen molar-refractivity contribution < 1.29 is 9.47 Å². The van der Waals surface area contributed by atoms with E-state index in [1.165, 1.54) is 0 Å². The van der Waals surface area contributed by atoms with E-state index >= 15 is 0 Å². The molecule has 0 bridgehead atoms. The maximum absolute atomic E-state index is 6.05. The highest BCUT2D eigenvalue weighted by atomic mass is 79.9. The third-order valence-electron chi connectivity index (χ3n) is 2.65. The number of halogens is 2. The molecule has 1 heterocycles. The summed E-state index contributed by atoms with van der Waals surface area (Å²) in [5.41, 5.74) is 1.92. The van der Waals surface area contributed by atoms with Gasteiger partial charge in [-0.2, -0.15) is 0 Å². The number of alkyl halides is 1. The van der Waals surface area contributed by atoms with E-state index in [4.69, 9.17) is 21.1 Å². The Morgan fingerprint density at radius 2 is 2.11 bits per heavy atom. The number of aromatic nitrogens is 1. The highest BCUT2D eigenvalue weighted by Crippen LogP contribution is 2.33. The minimum Gasteiger partial charge on any atom is -0.493 e. The number of nitrogens with zero attached hydrogens (tertiary/aromatic N) is 1. The third-order valence-corrected chi connectivity index (χ3v) is 3.60. The summed E-state index contributed by atoms with van der Waals surface area (Å²) < 4.78 is 11.2. The van der Waals surface area contributed by atoms with Crippen LogP contribution in [0.3, 0.4) is 0 Å². The summed E-state index contributed by atoms with van der Waals surface area (Å²) in [6, 6.07) is 7.63. The largest absolute Gasteiger partial charge is 0.493 e. The van der Waals surface area contributed by atoms with Crippen molar-refractivity contribution in [3.63, 3.8) is 0 Å². The molecule has 0 unspecified atom stereocenters. The molecule has 1 aromatic heterocycles. The Bertz CT molecular complexity index is 541. The van der Waals surface area contributed by atoms with Crippen molar-refractivity contribution in [1.82, 2.24) is 4.98 Å². The van der Waals surface area contributed by atoms with E-state index < -0.39 is 0 Å². The van der Waals surface area contributed by atoms with Crippen molar-refractivity contribution in [2.75, 3.05) is 7.11 Å². The molecule has 0 aliphatic carbocycles. The van der Waals surface area contributed by atoms with Gasteiger partial charge in [0.15, 0.2) is 11.5 Å². The summed E-state index contributed by atoms with van der Waals surface area (Å²) in [5.74, 6) is 1.44. The fraction of sp³-hybridized carbons (Fsp3) is 0.214. The van der Waals surface area contributed by atoms with E-state index in [-0.39, 0.29) is 0 Å². The molecular formula is C14H13BrClNO2. The van der Waals surface area contributed by atoms with Gasteiger partial charge in [0.25, 0.3) is 0 Å². The molecule has 0 fully saturated rings. The van der Waals surface area contributed by atoms with E-state index in [1.807, 2.05) is 24.3 Å². The first-order chi connectivity index (χ1) is 9.26. The van der Waals surface area contributed by atoms with Gasteiger partial charge in [0, 0.05) is 28.9 Å². The standard InChI is InChI=1S/C14H13BrClNO2/c1-18-13-4-2-3-10(7-15)14(13)19-9-11-5-6-17-8-12(11)16/h2-6,8H,7,9H2,1H3. The molecule has 3 nitrogen and oxygen atoms in total. The third kappa shape index (κ3) is 3.39. The number of ether oxygens (including phenoxy) is 2. The zero-order chi connectivity index (χ0) is 13.7. The number of para-hydroxylation sites is 1. The number of methoxy groups -OCH3 is 1. The highest BCUT2D eigenvalue weighted by Gasteiger charge is 2.10. The lowest BCUT2D eigenvalue weighted by Gasteiger charge is -2.14. The summed E-state index contributed by atoms with van der Waals surface area (Å²) in [4.78, 5) is 3.95. The van der Waals surface area contributed by atoms with Crippen LogP contribution in [-0.4, -0.2) is 12.1 Å². The van der Waals surface area contributed by atoms with Crippen LogP contribution >= 0.6 is 27.5 Å². The number of benzene rings is 1. The van der Waals surface area contributed by atoms with Crippen molar-refractivity contribution in [2.24, 2.45) is 0 Å². The van der Waals surface area contributed by atoms with Gasteiger partial charge >= 0.3 is 0 Å². The second-order valence-corrected chi connectivity index (χ2v) is 4.81. The lowest BCUT2D eigenvalue weighted by Crippen LogP contribution is -2.01. The molecule has 19 heavy (non-hydrogen) atoms. The molecule has 0 spiro atoms. The zero-order valence-corrected chi connectivity index (χ0v) is 12.7. The summed E-state index contributed by atoms with van der Waals surface area (Å²) >= 11 is 9.50. The van der Waals surface area contributed by atoms with Crippen LogP contribution in [0.1, 0.15) is 11.1 Å². The Morgan fingerprint density at radius 1 is 1.26 bits per heavy atom. The Hall–Kier alpha value is -1.26. The first-order valence-electron chi connectivity index (χ1n) is 5.69. The van der Waals surface area contributed by atoms with Gasteiger partial charge in [0.1, 0.15) is 6.61 Å². The van der Waals surface area contributed by atoms with Gasteiger partial charge in [-0.25, -0.2) is 0 Å². The van der Waals surface area contributed by atoms with E-state index in [2.05, 4.69) is 20.9 Å². The van der Waals surface area contributed by atoms with Gasteiger partial charge in [-0.05, 0) is 12.1 Å². The molecule has 100 valence electrons. The maximum atomic E-state index is 6.05. The van der Waals surface area contributed by atoms with Gasteiger partial charge in [-0.3, -0.25) is 4.98 Å². The number of hydrogen-bond donors (Lipinski definition) is 0.